The van der Waals surface area contributed by atoms with Crippen LogP contribution in [0, 0.1) is 11.8 Å². The number of fused-ring (bicyclic) bond motifs is 1. The first kappa shape index (κ1) is 6.47. The molecule has 2 rings (SSSR count). The van der Waals surface area contributed by atoms with Crippen LogP contribution in [0.5, 0.6) is 0 Å². The molecule has 2 aliphatic rings. The van der Waals surface area contributed by atoms with Gasteiger partial charge in [0.25, 0.3) is 0 Å². The number of hydrogen-bond acceptors (Lipinski definition) is 1. The third-order valence-electron chi connectivity index (χ3n) is 2.12. The van der Waals surface area contributed by atoms with Crippen LogP contribution >= 0.6 is 0 Å². The molecule has 1 heteroatoms. The summed E-state index contributed by atoms with van der Waals surface area (Å²) < 4.78 is 0. The predicted octanol–water partition coefficient (Wildman–Crippen LogP) is 1.76. The summed E-state index contributed by atoms with van der Waals surface area (Å²) in [5.74, 6) is 1.03. The zero-order valence-corrected chi connectivity index (χ0v) is 6.27. The van der Waals surface area contributed by atoms with Gasteiger partial charge in [-0.15, -0.1) is 0 Å². The van der Waals surface area contributed by atoms with Crippen molar-refractivity contribution >= 4 is 0 Å². The van der Waals surface area contributed by atoms with E-state index in [1.807, 2.05) is 6.08 Å². The van der Waals surface area contributed by atoms with E-state index < -0.39 is 0 Å². The maximum absolute atomic E-state index is 5.66. The van der Waals surface area contributed by atoms with Gasteiger partial charge in [-0.25, -0.2) is 0 Å². The smallest absolute Gasteiger partial charge is 0.0276 e. The highest BCUT2D eigenvalue weighted by Gasteiger charge is 2.16. The fourth-order valence-electron chi connectivity index (χ4n) is 1.50. The molecule has 2 N–H and O–H groups in total. The largest absolute Gasteiger partial charge is 0.399 e. The van der Waals surface area contributed by atoms with Crippen LogP contribution in [0.3, 0.4) is 0 Å². The van der Waals surface area contributed by atoms with Gasteiger partial charge < -0.3 is 5.73 Å². The van der Waals surface area contributed by atoms with Gasteiger partial charge in [0.1, 0.15) is 0 Å². The van der Waals surface area contributed by atoms with Crippen molar-refractivity contribution in [3.8, 4) is 0 Å². The zero-order chi connectivity index (χ0) is 7.68. The Labute approximate surface area is 66.6 Å². The van der Waals surface area contributed by atoms with Crippen molar-refractivity contribution in [2.45, 2.75) is 0 Å². The lowest BCUT2D eigenvalue weighted by Crippen LogP contribution is -2.13. The van der Waals surface area contributed by atoms with Crippen LogP contribution < -0.4 is 5.73 Å². The minimum atomic E-state index is 0.491. The van der Waals surface area contributed by atoms with Crippen LogP contribution in [0.25, 0.3) is 0 Å². The van der Waals surface area contributed by atoms with E-state index in [0.29, 0.717) is 11.8 Å². The summed E-state index contributed by atoms with van der Waals surface area (Å²) in [6.45, 7) is 0. The molecule has 0 bridgehead atoms. The highest BCUT2D eigenvalue weighted by atomic mass is 14.6. The fourth-order valence-corrected chi connectivity index (χ4v) is 1.50. The van der Waals surface area contributed by atoms with Crippen molar-refractivity contribution in [3.63, 3.8) is 0 Å². The maximum atomic E-state index is 5.66. The molecule has 11 heavy (non-hydrogen) atoms. The lowest BCUT2D eigenvalue weighted by atomic mass is 9.84. The Hall–Kier alpha value is -1.24. The van der Waals surface area contributed by atoms with E-state index in [2.05, 4.69) is 36.5 Å². The molecule has 2 aliphatic carbocycles. The van der Waals surface area contributed by atoms with Gasteiger partial charge in [0.15, 0.2) is 0 Å². The molecular weight excluding hydrogens is 134 g/mol. The average Bonchev–Trinajstić information content (AvgIpc) is 2.04. The molecular formula is C10H11N. The van der Waals surface area contributed by atoms with Crippen molar-refractivity contribution in [2.75, 3.05) is 0 Å². The minimum Gasteiger partial charge on any atom is -0.399 e. The number of hydrogen-bond donors (Lipinski definition) is 1. The number of rotatable bonds is 0. The van der Waals surface area contributed by atoms with Gasteiger partial charge in [-0.3, -0.25) is 0 Å². The van der Waals surface area contributed by atoms with E-state index in [1.165, 1.54) is 0 Å². The Morgan fingerprint density at radius 1 is 1.00 bits per heavy atom. The second-order valence-corrected chi connectivity index (χ2v) is 2.95. The molecule has 2 atom stereocenters. The Bertz CT molecular complexity index is 269. The van der Waals surface area contributed by atoms with Crippen LogP contribution in [0.1, 0.15) is 0 Å². The summed E-state index contributed by atoms with van der Waals surface area (Å²) in [6.07, 6.45) is 14.8. The first-order valence-corrected chi connectivity index (χ1v) is 3.87. The summed E-state index contributed by atoms with van der Waals surface area (Å²) in [5.41, 5.74) is 6.54. The quantitative estimate of drug-likeness (QED) is 0.552. The topological polar surface area (TPSA) is 26.0 Å². The second-order valence-electron chi connectivity index (χ2n) is 2.95. The highest BCUT2D eigenvalue weighted by molar-refractivity contribution is 5.31. The summed E-state index contributed by atoms with van der Waals surface area (Å²) in [6, 6.07) is 0. The molecule has 2 unspecified atom stereocenters. The Morgan fingerprint density at radius 3 is 2.55 bits per heavy atom. The lowest BCUT2D eigenvalue weighted by Gasteiger charge is -2.21. The fraction of sp³-hybridized carbons (Fsp3) is 0.200. The molecule has 0 saturated carbocycles. The summed E-state index contributed by atoms with van der Waals surface area (Å²) >= 11 is 0. The van der Waals surface area contributed by atoms with Crippen molar-refractivity contribution in [1.82, 2.24) is 0 Å². The van der Waals surface area contributed by atoms with E-state index in [-0.39, 0.29) is 0 Å². The molecule has 0 aromatic carbocycles. The van der Waals surface area contributed by atoms with Crippen LogP contribution in [-0.4, -0.2) is 0 Å². The molecule has 0 spiro atoms. The molecule has 0 saturated heterocycles. The Kier molecular flexibility index (Phi) is 1.42. The van der Waals surface area contributed by atoms with Gasteiger partial charge >= 0.3 is 0 Å². The van der Waals surface area contributed by atoms with Crippen LogP contribution in [0.15, 0.2) is 48.2 Å². The van der Waals surface area contributed by atoms with E-state index in [1.54, 1.807) is 0 Å². The van der Waals surface area contributed by atoms with Gasteiger partial charge in [0.05, 0.1) is 0 Å². The van der Waals surface area contributed by atoms with Crippen molar-refractivity contribution in [1.29, 1.82) is 0 Å². The molecule has 0 aromatic rings. The maximum Gasteiger partial charge on any atom is 0.0276 e. The minimum absolute atomic E-state index is 0.491. The third kappa shape index (κ3) is 1.14. The van der Waals surface area contributed by atoms with Gasteiger partial charge in [0.2, 0.25) is 0 Å². The molecule has 0 radical (unpaired) electrons. The van der Waals surface area contributed by atoms with Gasteiger partial charge in [0, 0.05) is 17.5 Å². The standard InChI is InChI=1S/C10H11N/c11-10-6-5-8-3-1-2-4-9(8)7-10/h1-9H,11H2. The SMILES string of the molecule is NC1=CC2C=CC=CC2C=C1. The van der Waals surface area contributed by atoms with Crippen molar-refractivity contribution in [2.24, 2.45) is 17.6 Å². The highest BCUT2D eigenvalue weighted by Crippen LogP contribution is 2.26. The van der Waals surface area contributed by atoms with Gasteiger partial charge in [-0.2, -0.15) is 0 Å². The van der Waals surface area contributed by atoms with E-state index in [4.69, 9.17) is 5.73 Å². The van der Waals surface area contributed by atoms with Crippen LogP contribution in [-0.2, 0) is 0 Å². The summed E-state index contributed by atoms with van der Waals surface area (Å²) in [7, 11) is 0. The molecule has 56 valence electrons. The predicted molar refractivity (Wildman–Crippen MR) is 46.7 cm³/mol. The summed E-state index contributed by atoms with van der Waals surface area (Å²) in [4.78, 5) is 0. The molecule has 0 heterocycles. The van der Waals surface area contributed by atoms with E-state index in [0.717, 1.165) is 5.70 Å². The molecule has 1 nitrogen and oxygen atoms in total. The molecule has 0 amide bonds. The Morgan fingerprint density at radius 2 is 1.73 bits per heavy atom. The third-order valence-corrected chi connectivity index (χ3v) is 2.12. The molecule has 0 aromatic heterocycles. The normalized spacial score (nSPS) is 33.3. The zero-order valence-electron chi connectivity index (χ0n) is 6.27. The first-order valence-electron chi connectivity index (χ1n) is 3.87. The van der Waals surface area contributed by atoms with E-state index in [9.17, 15) is 0 Å². The van der Waals surface area contributed by atoms with Gasteiger partial charge in [-0.1, -0.05) is 36.5 Å². The first-order chi connectivity index (χ1) is 5.36. The summed E-state index contributed by atoms with van der Waals surface area (Å²) in [5, 5.41) is 0. The van der Waals surface area contributed by atoms with Crippen molar-refractivity contribution in [3.05, 3.63) is 48.2 Å². The Balaban J connectivity index is 2.29. The van der Waals surface area contributed by atoms with Gasteiger partial charge in [-0.05, 0) is 6.08 Å². The number of allylic oxidation sites excluding steroid dienone is 7. The second kappa shape index (κ2) is 2.42. The van der Waals surface area contributed by atoms with E-state index >= 15 is 0 Å². The van der Waals surface area contributed by atoms with Crippen molar-refractivity contribution < 1.29 is 0 Å². The van der Waals surface area contributed by atoms with Crippen LogP contribution in [0.2, 0.25) is 0 Å². The molecule has 0 fully saturated rings. The lowest BCUT2D eigenvalue weighted by molar-refractivity contribution is 0.653. The average molecular weight is 145 g/mol. The monoisotopic (exact) mass is 145 g/mol. The van der Waals surface area contributed by atoms with Crippen LogP contribution in [0.4, 0.5) is 0 Å². The number of nitrogens with two attached hydrogens (primary N) is 1. The molecule has 0 aliphatic heterocycles.